The van der Waals surface area contributed by atoms with E-state index in [-0.39, 0.29) is 34.6 Å². The van der Waals surface area contributed by atoms with E-state index in [1.165, 1.54) is 17.3 Å². The Hall–Kier alpha value is -1.34. The van der Waals surface area contributed by atoms with Crippen LogP contribution in [0.15, 0.2) is 29.3 Å². The fraction of sp³-hybridized carbons (Fsp3) is 0.529. The molecule has 0 bridgehead atoms. The molecule has 0 N–H and O–H groups in total. The number of nitrogens with zero attached hydrogens (tertiary/aromatic N) is 2. The Labute approximate surface area is 147 Å². The molecule has 130 valence electrons. The van der Waals surface area contributed by atoms with Gasteiger partial charge in [0.2, 0.25) is 0 Å². The molecule has 7 heteroatoms. The Kier molecular flexibility index (Phi) is 4.75. The Morgan fingerprint density at radius 2 is 1.96 bits per heavy atom. The Morgan fingerprint density at radius 3 is 2.58 bits per heavy atom. The van der Waals surface area contributed by atoms with Gasteiger partial charge >= 0.3 is 0 Å². The van der Waals surface area contributed by atoms with Crippen LogP contribution in [0.1, 0.15) is 25.0 Å². The molecule has 2 aliphatic heterocycles. The van der Waals surface area contributed by atoms with Gasteiger partial charge in [0, 0.05) is 17.7 Å². The Bertz CT molecular complexity index is 770. The lowest BCUT2D eigenvalue weighted by atomic mass is 10.1. The second-order valence-electron chi connectivity index (χ2n) is 6.80. The monoisotopic (exact) mass is 366 g/mol. The van der Waals surface area contributed by atoms with Gasteiger partial charge in [-0.05, 0) is 12.5 Å². The summed E-state index contributed by atoms with van der Waals surface area (Å²) in [6.45, 7) is 6.25. The third-order valence-electron chi connectivity index (χ3n) is 4.35. The number of carbonyl (C=O) groups is 1. The Balaban J connectivity index is 1.89. The van der Waals surface area contributed by atoms with Crippen molar-refractivity contribution in [1.29, 1.82) is 0 Å². The summed E-state index contributed by atoms with van der Waals surface area (Å²) in [6.07, 6.45) is 0. The van der Waals surface area contributed by atoms with E-state index < -0.39 is 9.84 Å². The summed E-state index contributed by atoms with van der Waals surface area (Å²) in [4.78, 5) is 18.3. The van der Waals surface area contributed by atoms with Crippen molar-refractivity contribution in [3.8, 4) is 0 Å². The second-order valence-corrected chi connectivity index (χ2v) is 10.2. The molecule has 2 heterocycles. The highest BCUT2D eigenvalue weighted by Gasteiger charge is 2.48. The zero-order chi connectivity index (χ0) is 17.5. The van der Waals surface area contributed by atoms with Crippen LogP contribution in [0.5, 0.6) is 0 Å². The van der Waals surface area contributed by atoms with E-state index in [1.807, 2.05) is 49.9 Å². The lowest BCUT2D eigenvalue weighted by Gasteiger charge is -2.24. The number of sulfone groups is 1. The first-order chi connectivity index (χ1) is 11.2. The standard InChI is InChI=1S/C17H22N2O3S2/c1-11(2)16(20)18-17-19(8-13-6-4-12(3)5-7-13)14-9-24(21,22)10-15(14)23-17/h4-7,11,14-15H,8-10H2,1-3H3/t14-,15+/m1/s1. The highest BCUT2D eigenvalue weighted by molar-refractivity contribution is 8.15. The van der Waals surface area contributed by atoms with Gasteiger partial charge in [-0.3, -0.25) is 4.79 Å². The molecule has 0 unspecified atom stereocenters. The van der Waals surface area contributed by atoms with E-state index in [9.17, 15) is 13.2 Å². The van der Waals surface area contributed by atoms with Crippen molar-refractivity contribution in [3.05, 3.63) is 35.4 Å². The topological polar surface area (TPSA) is 66.8 Å². The SMILES string of the molecule is Cc1ccc(CN2C(=NC(=O)C(C)C)S[C@H]3CS(=O)(=O)C[C@H]32)cc1. The van der Waals surface area contributed by atoms with Gasteiger partial charge < -0.3 is 4.90 Å². The first-order valence-corrected chi connectivity index (χ1v) is 10.8. The highest BCUT2D eigenvalue weighted by atomic mass is 32.2. The number of hydrogen-bond acceptors (Lipinski definition) is 4. The largest absolute Gasteiger partial charge is 0.342 e. The van der Waals surface area contributed by atoms with Crippen molar-refractivity contribution in [2.45, 2.75) is 38.6 Å². The summed E-state index contributed by atoms with van der Waals surface area (Å²) in [5.41, 5.74) is 2.27. The van der Waals surface area contributed by atoms with Gasteiger partial charge in [-0.1, -0.05) is 55.4 Å². The number of rotatable bonds is 3. The predicted molar refractivity (Wildman–Crippen MR) is 97.8 cm³/mol. The lowest BCUT2D eigenvalue weighted by Crippen LogP contribution is -2.37. The number of thioether (sulfide) groups is 1. The van der Waals surface area contributed by atoms with Crippen LogP contribution in [-0.2, 0) is 21.2 Å². The molecular weight excluding hydrogens is 344 g/mol. The van der Waals surface area contributed by atoms with E-state index >= 15 is 0 Å². The third-order valence-corrected chi connectivity index (χ3v) is 7.60. The summed E-state index contributed by atoms with van der Waals surface area (Å²) in [7, 11) is -3.01. The van der Waals surface area contributed by atoms with Crippen LogP contribution >= 0.6 is 11.8 Å². The minimum atomic E-state index is -3.01. The van der Waals surface area contributed by atoms with Crippen LogP contribution in [0, 0.1) is 12.8 Å². The Morgan fingerprint density at radius 1 is 1.29 bits per heavy atom. The molecule has 1 aromatic rings. The number of aliphatic imine (C=N–C) groups is 1. The maximum Gasteiger partial charge on any atom is 0.250 e. The van der Waals surface area contributed by atoms with Crippen LogP contribution in [0.4, 0.5) is 0 Å². The van der Waals surface area contributed by atoms with Gasteiger partial charge in [0.25, 0.3) is 5.91 Å². The molecule has 0 saturated carbocycles. The zero-order valence-corrected chi connectivity index (χ0v) is 15.7. The van der Waals surface area contributed by atoms with Gasteiger partial charge in [-0.25, -0.2) is 8.42 Å². The summed E-state index contributed by atoms with van der Waals surface area (Å²) < 4.78 is 24.0. The molecule has 0 spiro atoms. The van der Waals surface area contributed by atoms with Crippen LogP contribution in [0.25, 0.3) is 0 Å². The van der Waals surface area contributed by atoms with Gasteiger partial charge in [-0.2, -0.15) is 4.99 Å². The minimum absolute atomic E-state index is 0.0286. The van der Waals surface area contributed by atoms with E-state index in [4.69, 9.17) is 0 Å². The molecule has 1 aromatic carbocycles. The second kappa shape index (κ2) is 6.52. The normalized spacial score (nSPS) is 27.0. The van der Waals surface area contributed by atoms with E-state index in [0.717, 1.165) is 5.56 Å². The molecular formula is C17H22N2O3S2. The number of amidine groups is 1. The summed E-state index contributed by atoms with van der Waals surface area (Å²) in [5.74, 6) is -0.00900. The van der Waals surface area contributed by atoms with Crippen LogP contribution < -0.4 is 0 Å². The number of benzene rings is 1. The fourth-order valence-corrected chi connectivity index (χ4v) is 6.89. The summed E-state index contributed by atoms with van der Waals surface area (Å²) in [6, 6.07) is 8.06. The molecule has 3 rings (SSSR count). The van der Waals surface area contributed by atoms with Crippen molar-refractivity contribution in [2.75, 3.05) is 11.5 Å². The highest BCUT2D eigenvalue weighted by Crippen LogP contribution is 2.39. The molecule has 0 aromatic heterocycles. The van der Waals surface area contributed by atoms with E-state index in [2.05, 4.69) is 4.99 Å². The van der Waals surface area contributed by atoms with Gasteiger partial charge in [0.15, 0.2) is 15.0 Å². The summed E-state index contributed by atoms with van der Waals surface area (Å²) >= 11 is 1.44. The molecule has 1 amide bonds. The average molecular weight is 367 g/mol. The van der Waals surface area contributed by atoms with Crippen molar-refractivity contribution < 1.29 is 13.2 Å². The number of amides is 1. The van der Waals surface area contributed by atoms with Gasteiger partial charge in [0.1, 0.15) is 0 Å². The maximum absolute atomic E-state index is 12.0. The number of fused-ring (bicyclic) bond motifs is 1. The molecule has 24 heavy (non-hydrogen) atoms. The number of aryl methyl sites for hydroxylation is 1. The molecule has 2 fully saturated rings. The molecule has 0 aliphatic carbocycles. The smallest absolute Gasteiger partial charge is 0.250 e. The zero-order valence-electron chi connectivity index (χ0n) is 14.1. The van der Waals surface area contributed by atoms with Crippen LogP contribution in [0.2, 0.25) is 0 Å². The molecule has 0 radical (unpaired) electrons. The van der Waals surface area contributed by atoms with Crippen molar-refractivity contribution in [1.82, 2.24) is 4.90 Å². The first kappa shape index (κ1) is 17.5. The quantitative estimate of drug-likeness (QED) is 0.821. The van der Waals surface area contributed by atoms with Gasteiger partial charge in [0.05, 0.1) is 17.5 Å². The van der Waals surface area contributed by atoms with Gasteiger partial charge in [-0.15, -0.1) is 0 Å². The minimum Gasteiger partial charge on any atom is -0.342 e. The number of hydrogen-bond donors (Lipinski definition) is 0. The fourth-order valence-electron chi connectivity index (χ4n) is 2.93. The molecule has 5 nitrogen and oxygen atoms in total. The van der Waals surface area contributed by atoms with Crippen LogP contribution in [0.3, 0.4) is 0 Å². The van der Waals surface area contributed by atoms with E-state index in [1.54, 1.807) is 0 Å². The van der Waals surface area contributed by atoms with E-state index in [0.29, 0.717) is 11.7 Å². The summed E-state index contributed by atoms with van der Waals surface area (Å²) in [5, 5.41) is 0.637. The van der Waals surface area contributed by atoms with Crippen molar-refractivity contribution in [3.63, 3.8) is 0 Å². The maximum atomic E-state index is 12.0. The average Bonchev–Trinajstić information content (AvgIpc) is 2.94. The van der Waals surface area contributed by atoms with Crippen LogP contribution in [-0.4, -0.2) is 47.2 Å². The van der Waals surface area contributed by atoms with Crippen molar-refractivity contribution >= 4 is 32.7 Å². The molecule has 2 aliphatic rings. The number of carbonyl (C=O) groups excluding carboxylic acids is 1. The van der Waals surface area contributed by atoms with Crippen molar-refractivity contribution in [2.24, 2.45) is 10.9 Å². The third kappa shape index (κ3) is 3.67. The predicted octanol–water partition coefficient (Wildman–Crippen LogP) is 2.25. The first-order valence-electron chi connectivity index (χ1n) is 8.07. The lowest BCUT2D eigenvalue weighted by molar-refractivity contribution is -0.120. The molecule has 2 atom stereocenters. The molecule has 2 saturated heterocycles.